The predicted octanol–water partition coefficient (Wildman–Crippen LogP) is 1.61. The van der Waals surface area contributed by atoms with Crippen LogP contribution in [0.3, 0.4) is 0 Å². The lowest BCUT2D eigenvalue weighted by Gasteiger charge is -2.44. The third-order valence-electron chi connectivity index (χ3n) is 5.15. The quantitative estimate of drug-likeness (QED) is 0.817. The van der Waals surface area contributed by atoms with Gasteiger partial charge in [-0.15, -0.1) is 0 Å². The lowest BCUT2D eigenvalue weighted by Crippen LogP contribution is -2.52. The summed E-state index contributed by atoms with van der Waals surface area (Å²) in [4.78, 5) is 0. The molecular weight excluding hydrogens is 242 g/mol. The molecule has 1 saturated carbocycles. The highest BCUT2D eigenvalue weighted by molar-refractivity contribution is 4.94. The van der Waals surface area contributed by atoms with Crippen LogP contribution in [0.1, 0.15) is 51.4 Å². The molecule has 1 atom stereocenters. The maximum atomic E-state index is 10.4. The molecule has 3 fully saturated rings. The molecule has 19 heavy (non-hydrogen) atoms. The summed E-state index contributed by atoms with van der Waals surface area (Å²) in [6.07, 6.45) is 8.46. The van der Waals surface area contributed by atoms with Gasteiger partial charge in [0.2, 0.25) is 0 Å². The molecule has 1 spiro atoms. The van der Waals surface area contributed by atoms with E-state index >= 15 is 0 Å². The van der Waals surface area contributed by atoms with E-state index < -0.39 is 5.60 Å². The second-order valence-corrected chi connectivity index (χ2v) is 6.65. The Labute approximate surface area is 115 Å². The number of aliphatic hydroxyl groups is 1. The number of rotatable bonds is 3. The van der Waals surface area contributed by atoms with Crippen molar-refractivity contribution in [1.82, 2.24) is 5.32 Å². The first kappa shape index (κ1) is 13.8. The summed E-state index contributed by atoms with van der Waals surface area (Å²) < 4.78 is 11.5. The Balaban J connectivity index is 1.50. The van der Waals surface area contributed by atoms with Gasteiger partial charge in [-0.25, -0.2) is 0 Å². The highest BCUT2D eigenvalue weighted by atomic mass is 16.5. The summed E-state index contributed by atoms with van der Waals surface area (Å²) in [6.45, 7) is 3.26. The van der Waals surface area contributed by atoms with Crippen molar-refractivity contribution in [3.05, 3.63) is 0 Å². The first-order chi connectivity index (χ1) is 9.20. The van der Waals surface area contributed by atoms with E-state index in [0.717, 1.165) is 64.9 Å². The van der Waals surface area contributed by atoms with E-state index in [1.807, 2.05) is 0 Å². The van der Waals surface area contributed by atoms with Crippen LogP contribution in [0.15, 0.2) is 0 Å². The molecule has 3 aliphatic rings. The van der Waals surface area contributed by atoms with E-state index in [9.17, 15) is 5.11 Å². The topological polar surface area (TPSA) is 50.7 Å². The van der Waals surface area contributed by atoms with Gasteiger partial charge in [-0.05, 0) is 38.5 Å². The highest BCUT2D eigenvalue weighted by Crippen LogP contribution is 2.35. The molecular formula is C15H27NO3. The molecule has 0 aromatic rings. The third-order valence-corrected chi connectivity index (χ3v) is 5.15. The van der Waals surface area contributed by atoms with Crippen molar-refractivity contribution >= 4 is 0 Å². The molecule has 1 unspecified atom stereocenters. The summed E-state index contributed by atoms with van der Waals surface area (Å²) in [6, 6.07) is 0.497. The van der Waals surface area contributed by atoms with Gasteiger partial charge in [0.15, 0.2) is 0 Å². The molecule has 0 radical (unpaired) electrons. The van der Waals surface area contributed by atoms with Gasteiger partial charge >= 0.3 is 0 Å². The summed E-state index contributed by atoms with van der Waals surface area (Å²) in [7, 11) is 0. The molecule has 0 aromatic heterocycles. The number of hydrogen-bond donors (Lipinski definition) is 2. The van der Waals surface area contributed by atoms with E-state index in [1.54, 1.807) is 0 Å². The van der Waals surface area contributed by atoms with Crippen molar-refractivity contribution in [3.8, 4) is 0 Å². The van der Waals surface area contributed by atoms with Gasteiger partial charge < -0.3 is 19.9 Å². The SMILES string of the molecule is OC1(CNC2CCOC3(CCOCC3)C2)CCCC1. The molecule has 4 nitrogen and oxygen atoms in total. The van der Waals surface area contributed by atoms with Crippen molar-refractivity contribution in [2.75, 3.05) is 26.4 Å². The Hall–Kier alpha value is -0.160. The van der Waals surface area contributed by atoms with Crippen LogP contribution < -0.4 is 5.32 Å². The normalized spacial score (nSPS) is 33.6. The van der Waals surface area contributed by atoms with Crippen LogP contribution in [0.5, 0.6) is 0 Å². The number of hydrogen-bond acceptors (Lipinski definition) is 4. The van der Waals surface area contributed by atoms with Crippen molar-refractivity contribution in [1.29, 1.82) is 0 Å². The molecule has 0 aromatic carbocycles. The third kappa shape index (κ3) is 3.30. The van der Waals surface area contributed by atoms with Crippen molar-refractivity contribution in [2.45, 2.75) is 68.6 Å². The molecule has 2 heterocycles. The minimum absolute atomic E-state index is 0.0481. The minimum Gasteiger partial charge on any atom is -0.389 e. The first-order valence-corrected chi connectivity index (χ1v) is 7.87. The Kier molecular flexibility index (Phi) is 4.13. The summed E-state index contributed by atoms with van der Waals surface area (Å²) in [5.41, 5.74) is -0.395. The second-order valence-electron chi connectivity index (χ2n) is 6.65. The Morgan fingerprint density at radius 2 is 1.79 bits per heavy atom. The average molecular weight is 269 g/mol. The highest BCUT2D eigenvalue weighted by Gasteiger charge is 2.40. The van der Waals surface area contributed by atoms with E-state index in [-0.39, 0.29) is 5.60 Å². The van der Waals surface area contributed by atoms with E-state index in [4.69, 9.17) is 9.47 Å². The van der Waals surface area contributed by atoms with Crippen LogP contribution in [0, 0.1) is 0 Å². The predicted molar refractivity (Wildman–Crippen MR) is 73.2 cm³/mol. The molecule has 0 bridgehead atoms. The van der Waals surface area contributed by atoms with E-state index in [2.05, 4.69) is 5.32 Å². The van der Waals surface area contributed by atoms with Crippen molar-refractivity contribution in [2.24, 2.45) is 0 Å². The van der Waals surface area contributed by atoms with Gasteiger partial charge in [0.25, 0.3) is 0 Å². The van der Waals surface area contributed by atoms with Crippen LogP contribution in [0.4, 0.5) is 0 Å². The van der Waals surface area contributed by atoms with Gasteiger partial charge in [-0.2, -0.15) is 0 Å². The molecule has 1 aliphatic carbocycles. The standard InChI is InChI=1S/C15H27NO3/c17-14(4-1-2-5-14)12-16-13-3-8-19-15(11-13)6-9-18-10-7-15/h13,16-17H,1-12H2. The fourth-order valence-electron chi connectivity index (χ4n) is 3.84. The summed E-state index contributed by atoms with van der Waals surface area (Å²) in [5, 5.41) is 14.0. The molecule has 110 valence electrons. The zero-order valence-electron chi connectivity index (χ0n) is 11.8. The lowest BCUT2D eigenvalue weighted by molar-refractivity contribution is -0.141. The largest absolute Gasteiger partial charge is 0.389 e. The Morgan fingerprint density at radius 1 is 1.05 bits per heavy atom. The first-order valence-electron chi connectivity index (χ1n) is 7.87. The van der Waals surface area contributed by atoms with Crippen LogP contribution in [0.2, 0.25) is 0 Å². The van der Waals surface area contributed by atoms with Gasteiger partial charge in [-0.3, -0.25) is 0 Å². The summed E-state index contributed by atoms with van der Waals surface area (Å²) >= 11 is 0. The molecule has 0 amide bonds. The van der Waals surface area contributed by atoms with Crippen LogP contribution in [-0.4, -0.2) is 48.7 Å². The number of ether oxygens (including phenoxy) is 2. The maximum absolute atomic E-state index is 10.4. The van der Waals surface area contributed by atoms with Crippen molar-refractivity contribution in [3.63, 3.8) is 0 Å². The molecule has 4 heteroatoms. The molecule has 2 N–H and O–H groups in total. The fraction of sp³-hybridized carbons (Fsp3) is 1.00. The number of nitrogens with one attached hydrogen (secondary N) is 1. The van der Waals surface area contributed by atoms with Crippen LogP contribution in [0.25, 0.3) is 0 Å². The lowest BCUT2D eigenvalue weighted by atomic mass is 9.84. The maximum Gasteiger partial charge on any atom is 0.0771 e. The zero-order valence-corrected chi connectivity index (χ0v) is 11.8. The van der Waals surface area contributed by atoms with Gasteiger partial charge in [0.05, 0.1) is 11.2 Å². The minimum atomic E-state index is -0.443. The monoisotopic (exact) mass is 269 g/mol. The molecule has 2 saturated heterocycles. The van der Waals surface area contributed by atoms with Gasteiger partial charge in [0, 0.05) is 32.4 Å². The van der Waals surface area contributed by atoms with E-state index in [0.29, 0.717) is 6.04 Å². The van der Waals surface area contributed by atoms with Crippen molar-refractivity contribution < 1.29 is 14.6 Å². The van der Waals surface area contributed by atoms with Gasteiger partial charge in [-0.1, -0.05) is 12.8 Å². The average Bonchev–Trinajstić information content (AvgIpc) is 2.85. The summed E-state index contributed by atoms with van der Waals surface area (Å²) in [5.74, 6) is 0. The smallest absolute Gasteiger partial charge is 0.0771 e. The van der Waals surface area contributed by atoms with E-state index in [1.165, 1.54) is 12.8 Å². The molecule has 2 aliphatic heterocycles. The Morgan fingerprint density at radius 3 is 2.53 bits per heavy atom. The molecule has 3 rings (SSSR count). The van der Waals surface area contributed by atoms with Gasteiger partial charge in [0.1, 0.15) is 0 Å². The zero-order chi connectivity index (χ0) is 13.2. The van der Waals surface area contributed by atoms with Crippen LogP contribution >= 0.6 is 0 Å². The Bertz CT molecular complexity index is 290. The van der Waals surface area contributed by atoms with Crippen LogP contribution in [-0.2, 0) is 9.47 Å². The second kappa shape index (κ2) is 5.68. The fourth-order valence-corrected chi connectivity index (χ4v) is 3.84.